The molecule has 4 rings (SSSR count). The zero-order valence-corrected chi connectivity index (χ0v) is 17.3. The van der Waals surface area contributed by atoms with Crippen molar-refractivity contribution in [3.05, 3.63) is 71.5 Å². The monoisotopic (exact) mass is 405 g/mol. The Bertz CT molecular complexity index is 998. The molecule has 0 saturated heterocycles. The first-order valence-electron chi connectivity index (χ1n) is 10.4. The largest absolute Gasteiger partial charge is 0.486 e. The fraction of sp³-hybridized carbons (Fsp3) is 0.333. The summed E-state index contributed by atoms with van der Waals surface area (Å²) < 4.78 is 13.0. The Morgan fingerprint density at radius 3 is 2.70 bits per heavy atom. The summed E-state index contributed by atoms with van der Waals surface area (Å²) in [4.78, 5) is 12.2. The van der Waals surface area contributed by atoms with E-state index < -0.39 is 0 Å². The van der Waals surface area contributed by atoms with Crippen molar-refractivity contribution in [1.29, 1.82) is 0 Å². The van der Waals surface area contributed by atoms with E-state index in [1.54, 1.807) is 0 Å². The van der Waals surface area contributed by atoms with Gasteiger partial charge >= 0.3 is 0 Å². The number of amides is 1. The fourth-order valence-electron chi connectivity index (χ4n) is 3.55. The first-order chi connectivity index (χ1) is 14.7. The number of benzene rings is 2. The quantitative estimate of drug-likeness (QED) is 0.581. The van der Waals surface area contributed by atoms with Gasteiger partial charge in [-0.15, -0.1) is 0 Å². The highest BCUT2D eigenvalue weighted by Gasteiger charge is 2.12. The minimum atomic E-state index is 0.0709. The Labute approximate surface area is 176 Å². The molecule has 6 nitrogen and oxygen atoms in total. The van der Waals surface area contributed by atoms with Crippen LogP contribution < -0.4 is 14.8 Å². The van der Waals surface area contributed by atoms with Gasteiger partial charge in [-0.3, -0.25) is 4.79 Å². The maximum Gasteiger partial charge on any atom is 0.220 e. The molecule has 30 heavy (non-hydrogen) atoms. The number of fused-ring (bicyclic) bond motifs is 1. The van der Waals surface area contributed by atoms with Crippen LogP contribution in [0.25, 0.3) is 5.69 Å². The van der Waals surface area contributed by atoms with Crippen molar-refractivity contribution >= 4 is 5.91 Å². The summed E-state index contributed by atoms with van der Waals surface area (Å²) in [6.07, 6.45) is 5.00. The summed E-state index contributed by atoms with van der Waals surface area (Å²) in [5.41, 5.74) is 4.38. The Morgan fingerprint density at radius 1 is 1.07 bits per heavy atom. The van der Waals surface area contributed by atoms with E-state index in [1.807, 2.05) is 60.1 Å². The maximum absolute atomic E-state index is 12.2. The number of hydrogen-bond acceptors (Lipinski definition) is 4. The molecule has 2 aromatic carbocycles. The molecule has 1 aliphatic rings. The van der Waals surface area contributed by atoms with Gasteiger partial charge in [-0.25, -0.2) is 4.68 Å². The van der Waals surface area contributed by atoms with Crippen molar-refractivity contribution in [3.63, 3.8) is 0 Å². The molecule has 156 valence electrons. The Balaban J connectivity index is 1.20. The SMILES string of the molecule is Cc1nn(-c2ccccc2)cc1CCCNC(=O)CCc1ccc2c(c1)OCCO2. The van der Waals surface area contributed by atoms with Crippen molar-refractivity contribution in [3.8, 4) is 17.2 Å². The fourth-order valence-corrected chi connectivity index (χ4v) is 3.55. The number of carbonyl (C=O) groups is 1. The first-order valence-corrected chi connectivity index (χ1v) is 10.4. The lowest BCUT2D eigenvalue weighted by Crippen LogP contribution is -2.25. The third-order valence-corrected chi connectivity index (χ3v) is 5.21. The first kappa shape index (κ1) is 20.0. The van der Waals surface area contributed by atoms with E-state index in [1.165, 1.54) is 5.56 Å². The van der Waals surface area contributed by atoms with Crippen LogP contribution in [-0.2, 0) is 17.6 Å². The molecule has 0 fully saturated rings. The standard InChI is InChI=1S/C24H27N3O3/c1-18-20(17-27(26-18)21-7-3-2-4-8-21)6-5-13-25-24(28)12-10-19-9-11-22-23(16-19)30-15-14-29-22/h2-4,7-9,11,16-17H,5-6,10,12-15H2,1H3,(H,25,28). The lowest BCUT2D eigenvalue weighted by molar-refractivity contribution is -0.121. The normalized spacial score (nSPS) is 12.6. The van der Waals surface area contributed by atoms with Crippen LogP contribution in [-0.4, -0.2) is 35.4 Å². The number of aromatic nitrogens is 2. The molecule has 1 N–H and O–H groups in total. The van der Waals surface area contributed by atoms with E-state index in [0.717, 1.165) is 41.3 Å². The molecule has 2 heterocycles. The highest BCUT2D eigenvalue weighted by atomic mass is 16.6. The predicted molar refractivity (Wildman–Crippen MR) is 115 cm³/mol. The average Bonchev–Trinajstić information content (AvgIpc) is 3.16. The second-order valence-electron chi connectivity index (χ2n) is 7.45. The average molecular weight is 405 g/mol. The third-order valence-electron chi connectivity index (χ3n) is 5.21. The van der Waals surface area contributed by atoms with E-state index in [4.69, 9.17) is 9.47 Å². The van der Waals surface area contributed by atoms with Gasteiger partial charge in [0.15, 0.2) is 11.5 Å². The molecule has 0 spiro atoms. The van der Waals surface area contributed by atoms with Crippen molar-refractivity contribution in [2.24, 2.45) is 0 Å². The molecule has 0 atom stereocenters. The molecular weight excluding hydrogens is 378 g/mol. The Kier molecular flexibility index (Phi) is 6.32. The summed E-state index contributed by atoms with van der Waals surface area (Å²) in [6, 6.07) is 16.0. The molecule has 6 heteroatoms. The van der Waals surface area contributed by atoms with Crippen LogP contribution in [0.4, 0.5) is 0 Å². The number of rotatable bonds is 8. The number of hydrogen-bond donors (Lipinski definition) is 1. The van der Waals surface area contributed by atoms with Gasteiger partial charge < -0.3 is 14.8 Å². The van der Waals surface area contributed by atoms with Gasteiger partial charge in [-0.05, 0) is 61.6 Å². The van der Waals surface area contributed by atoms with E-state index in [2.05, 4.69) is 16.6 Å². The van der Waals surface area contributed by atoms with Gasteiger partial charge in [-0.2, -0.15) is 5.10 Å². The molecule has 0 radical (unpaired) electrons. The van der Waals surface area contributed by atoms with E-state index in [-0.39, 0.29) is 5.91 Å². The minimum Gasteiger partial charge on any atom is -0.486 e. The molecule has 3 aromatic rings. The van der Waals surface area contributed by atoms with Gasteiger partial charge in [0, 0.05) is 19.2 Å². The molecular formula is C24H27N3O3. The predicted octanol–water partition coefficient (Wildman–Crippen LogP) is 3.63. The van der Waals surface area contributed by atoms with Gasteiger partial charge in [-0.1, -0.05) is 24.3 Å². The van der Waals surface area contributed by atoms with Crippen molar-refractivity contribution in [2.75, 3.05) is 19.8 Å². The minimum absolute atomic E-state index is 0.0709. The van der Waals surface area contributed by atoms with Crippen LogP contribution in [0, 0.1) is 6.92 Å². The van der Waals surface area contributed by atoms with E-state index in [9.17, 15) is 4.79 Å². The van der Waals surface area contributed by atoms with Gasteiger partial charge in [0.25, 0.3) is 0 Å². The molecule has 1 aliphatic heterocycles. The van der Waals surface area contributed by atoms with Crippen LogP contribution in [0.5, 0.6) is 11.5 Å². The topological polar surface area (TPSA) is 65.4 Å². The van der Waals surface area contributed by atoms with Crippen molar-refractivity contribution in [1.82, 2.24) is 15.1 Å². The van der Waals surface area contributed by atoms with Crippen LogP contribution in [0.15, 0.2) is 54.7 Å². The highest BCUT2D eigenvalue weighted by molar-refractivity contribution is 5.76. The van der Waals surface area contributed by atoms with Crippen LogP contribution >= 0.6 is 0 Å². The lowest BCUT2D eigenvalue weighted by atomic mass is 10.1. The summed E-state index contributed by atoms with van der Waals surface area (Å²) in [6.45, 7) is 3.85. The summed E-state index contributed by atoms with van der Waals surface area (Å²) in [7, 11) is 0. The van der Waals surface area contributed by atoms with E-state index in [0.29, 0.717) is 32.6 Å². The summed E-state index contributed by atoms with van der Waals surface area (Å²) >= 11 is 0. The van der Waals surface area contributed by atoms with Crippen LogP contribution in [0.2, 0.25) is 0 Å². The van der Waals surface area contributed by atoms with E-state index >= 15 is 0 Å². The number of nitrogens with one attached hydrogen (secondary N) is 1. The number of para-hydroxylation sites is 1. The Hall–Kier alpha value is -3.28. The zero-order valence-electron chi connectivity index (χ0n) is 17.3. The molecule has 0 bridgehead atoms. The number of ether oxygens (including phenoxy) is 2. The van der Waals surface area contributed by atoms with Crippen LogP contribution in [0.1, 0.15) is 29.7 Å². The second kappa shape index (κ2) is 9.48. The second-order valence-corrected chi connectivity index (χ2v) is 7.45. The van der Waals surface area contributed by atoms with Gasteiger partial charge in [0.1, 0.15) is 13.2 Å². The smallest absolute Gasteiger partial charge is 0.220 e. The molecule has 1 aromatic heterocycles. The van der Waals surface area contributed by atoms with Gasteiger partial charge in [0.2, 0.25) is 5.91 Å². The molecule has 0 saturated carbocycles. The number of carbonyl (C=O) groups excluding carboxylic acids is 1. The maximum atomic E-state index is 12.2. The number of nitrogens with zero attached hydrogens (tertiary/aromatic N) is 2. The van der Waals surface area contributed by atoms with Crippen LogP contribution in [0.3, 0.4) is 0 Å². The summed E-state index contributed by atoms with van der Waals surface area (Å²) in [5.74, 6) is 1.62. The molecule has 0 aliphatic carbocycles. The lowest BCUT2D eigenvalue weighted by Gasteiger charge is -2.18. The number of aryl methyl sites for hydroxylation is 3. The summed E-state index contributed by atoms with van der Waals surface area (Å²) in [5, 5.41) is 7.62. The van der Waals surface area contributed by atoms with Crippen molar-refractivity contribution in [2.45, 2.75) is 32.6 Å². The zero-order chi connectivity index (χ0) is 20.8. The molecule has 1 amide bonds. The van der Waals surface area contributed by atoms with Gasteiger partial charge in [0.05, 0.1) is 11.4 Å². The third kappa shape index (κ3) is 5.00. The van der Waals surface area contributed by atoms with Crippen molar-refractivity contribution < 1.29 is 14.3 Å². The Morgan fingerprint density at radius 2 is 1.87 bits per heavy atom. The molecule has 0 unspecified atom stereocenters. The highest BCUT2D eigenvalue weighted by Crippen LogP contribution is 2.31.